The first-order valence-corrected chi connectivity index (χ1v) is 8.44. The lowest BCUT2D eigenvalue weighted by Gasteiger charge is -2.04. The minimum atomic E-state index is 0.786. The maximum atomic E-state index is 5.33. The van der Waals surface area contributed by atoms with Gasteiger partial charge in [-0.1, -0.05) is 18.2 Å². The first-order valence-electron chi connectivity index (χ1n) is 8.44. The van der Waals surface area contributed by atoms with Gasteiger partial charge in [0.05, 0.1) is 0 Å². The largest absolute Gasteiger partial charge is 0.257 e. The molecule has 0 radical (unpaired) electrons. The Morgan fingerprint density at radius 3 is 3.00 bits per heavy atom. The first kappa shape index (κ1) is 16.0. The van der Waals surface area contributed by atoms with Gasteiger partial charge >= 0.3 is 0 Å². The monoisotopic (exact) mass is 313 g/mol. The third-order valence-electron chi connectivity index (χ3n) is 4.11. The zero-order valence-corrected chi connectivity index (χ0v) is 13.8. The molecule has 0 spiro atoms. The Bertz CT molecular complexity index is 844. The summed E-state index contributed by atoms with van der Waals surface area (Å²) < 4.78 is 2.15. The van der Waals surface area contributed by atoms with Crippen LogP contribution in [0.1, 0.15) is 41.9 Å². The fourth-order valence-electron chi connectivity index (χ4n) is 2.82. The molecule has 0 aromatic carbocycles. The summed E-state index contributed by atoms with van der Waals surface area (Å²) in [6.45, 7) is 0.886. The predicted octanol–water partition coefficient (Wildman–Crippen LogP) is 3.23. The predicted molar refractivity (Wildman–Crippen MR) is 96.1 cm³/mol. The smallest absolute Gasteiger partial charge is 0.244 e. The van der Waals surface area contributed by atoms with Crippen molar-refractivity contribution in [3.8, 4) is 24.2 Å². The average Bonchev–Trinajstić information content (AvgIpc) is 2.86. The molecule has 0 unspecified atom stereocenters. The molecule has 1 aliphatic rings. The van der Waals surface area contributed by atoms with Gasteiger partial charge in [-0.3, -0.25) is 0 Å². The van der Waals surface area contributed by atoms with Gasteiger partial charge in [0.15, 0.2) is 12.7 Å². The maximum Gasteiger partial charge on any atom is 0.257 e. The molecule has 0 N–H and O–H groups in total. The van der Waals surface area contributed by atoms with Gasteiger partial charge in [0.1, 0.15) is 5.69 Å². The summed E-state index contributed by atoms with van der Waals surface area (Å²) in [5.74, 6) is 9.16. The van der Waals surface area contributed by atoms with Crippen LogP contribution < -0.4 is 4.57 Å². The number of hydrogen-bond acceptors (Lipinski definition) is 1. The van der Waals surface area contributed by atoms with E-state index in [-0.39, 0.29) is 0 Å². The molecule has 24 heavy (non-hydrogen) atoms. The number of unbranched alkanes of at least 4 members (excludes halogenated alkanes) is 1. The third kappa shape index (κ3) is 4.12. The van der Waals surface area contributed by atoms with Crippen LogP contribution >= 0.6 is 0 Å². The Hall–Kier alpha value is -2.84. The summed E-state index contributed by atoms with van der Waals surface area (Å²) in [5.41, 5.74) is 4.33. The van der Waals surface area contributed by atoms with Crippen LogP contribution in [0.2, 0.25) is 0 Å². The lowest BCUT2D eigenvalue weighted by molar-refractivity contribution is -0.699. The number of pyridine rings is 2. The number of aromatic nitrogens is 2. The number of hydrogen-bond donors (Lipinski definition) is 0. The Labute approximate surface area is 144 Å². The Kier molecular flexibility index (Phi) is 5.44. The van der Waals surface area contributed by atoms with E-state index in [4.69, 9.17) is 11.4 Å². The summed E-state index contributed by atoms with van der Waals surface area (Å²) >= 11 is 0. The van der Waals surface area contributed by atoms with Gasteiger partial charge in [-0.15, -0.1) is 12.3 Å². The molecular formula is C22H21N2+. The number of nitrogens with zero attached hydrogens (tertiary/aromatic N) is 2. The second kappa shape index (κ2) is 8.14. The van der Waals surface area contributed by atoms with E-state index < -0.39 is 0 Å². The molecular weight excluding hydrogens is 292 g/mol. The fraction of sp³-hybridized carbons (Fsp3) is 0.273. The topological polar surface area (TPSA) is 16.8 Å². The fourth-order valence-corrected chi connectivity index (χ4v) is 2.82. The van der Waals surface area contributed by atoms with Gasteiger partial charge in [0, 0.05) is 43.0 Å². The SMILES string of the molecule is C#CCCC[n+]1ccccc1C#Cc1ccc2c(n1)CC=CCC2. The second-order valence-electron chi connectivity index (χ2n) is 5.85. The molecule has 2 aromatic rings. The molecule has 1 aliphatic carbocycles. The maximum absolute atomic E-state index is 5.33. The van der Waals surface area contributed by atoms with Crippen LogP contribution in [0.5, 0.6) is 0 Å². The van der Waals surface area contributed by atoms with Crippen LogP contribution in [0.15, 0.2) is 48.7 Å². The van der Waals surface area contributed by atoms with Crippen molar-refractivity contribution in [2.24, 2.45) is 0 Å². The van der Waals surface area contributed by atoms with Gasteiger partial charge < -0.3 is 0 Å². The van der Waals surface area contributed by atoms with Gasteiger partial charge in [-0.05, 0) is 36.5 Å². The van der Waals surface area contributed by atoms with Crippen molar-refractivity contribution in [2.45, 2.75) is 38.6 Å². The standard InChI is InChI=1S/C22H21N2/c1-2-3-8-17-24-18-9-7-11-21(24)16-15-20-14-13-19-10-5-4-6-12-22(19)23-20/h1,4,6-7,9,11,13-14,18H,3,5,8,10,12,17H2/q+1. The molecule has 0 fully saturated rings. The number of fused-ring (bicyclic) bond motifs is 1. The number of allylic oxidation sites excluding steroid dienone is 2. The molecule has 0 saturated carbocycles. The molecule has 2 aromatic heterocycles. The highest BCUT2D eigenvalue weighted by Gasteiger charge is 2.08. The number of rotatable bonds is 3. The Morgan fingerprint density at radius 2 is 2.08 bits per heavy atom. The van der Waals surface area contributed by atoms with Crippen LogP contribution in [0, 0.1) is 24.2 Å². The quantitative estimate of drug-likeness (QED) is 0.368. The van der Waals surface area contributed by atoms with Crippen molar-refractivity contribution in [3.63, 3.8) is 0 Å². The van der Waals surface area contributed by atoms with Crippen molar-refractivity contribution < 1.29 is 4.57 Å². The lowest BCUT2D eigenvalue weighted by Crippen LogP contribution is -2.36. The van der Waals surface area contributed by atoms with E-state index in [1.807, 2.05) is 24.3 Å². The molecule has 3 rings (SSSR count). The van der Waals surface area contributed by atoms with E-state index in [0.717, 1.165) is 55.7 Å². The summed E-state index contributed by atoms with van der Waals surface area (Å²) in [4.78, 5) is 4.73. The minimum absolute atomic E-state index is 0.786. The summed E-state index contributed by atoms with van der Waals surface area (Å²) in [6, 6.07) is 10.3. The van der Waals surface area contributed by atoms with Gasteiger partial charge in [-0.25, -0.2) is 4.98 Å². The molecule has 0 bridgehead atoms. The van der Waals surface area contributed by atoms with Crippen molar-refractivity contribution in [1.82, 2.24) is 4.98 Å². The van der Waals surface area contributed by atoms with E-state index in [2.05, 4.69) is 46.7 Å². The molecule has 0 atom stereocenters. The molecule has 2 heterocycles. The van der Waals surface area contributed by atoms with Crippen molar-refractivity contribution >= 4 is 0 Å². The second-order valence-corrected chi connectivity index (χ2v) is 5.85. The molecule has 0 saturated heterocycles. The van der Waals surface area contributed by atoms with Crippen molar-refractivity contribution in [3.05, 3.63) is 71.3 Å². The molecule has 0 amide bonds. The van der Waals surface area contributed by atoms with Crippen LogP contribution in [-0.2, 0) is 19.4 Å². The van der Waals surface area contributed by atoms with Crippen LogP contribution in [0.3, 0.4) is 0 Å². The minimum Gasteiger partial charge on any atom is -0.244 e. The molecule has 2 nitrogen and oxygen atoms in total. The van der Waals surface area contributed by atoms with E-state index in [1.54, 1.807) is 0 Å². The van der Waals surface area contributed by atoms with Crippen LogP contribution in [0.4, 0.5) is 0 Å². The van der Waals surface area contributed by atoms with Gasteiger partial charge in [-0.2, -0.15) is 4.57 Å². The molecule has 0 aliphatic heterocycles. The highest BCUT2D eigenvalue weighted by atomic mass is 14.9. The number of aryl methyl sites for hydroxylation is 2. The van der Waals surface area contributed by atoms with E-state index in [0.29, 0.717) is 0 Å². The molecule has 118 valence electrons. The third-order valence-corrected chi connectivity index (χ3v) is 4.11. The van der Waals surface area contributed by atoms with Crippen molar-refractivity contribution in [2.75, 3.05) is 0 Å². The van der Waals surface area contributed by atoms with Gasteiger partial charge in [0.2, 0.25) is 0 Å². The lowest BCUT2D eigenvalue weighted by atomic mass is 10.1. The first-order chi connectivity index (χ1) is 11.9. The summed E-state index contributed by atoms with van der Waals surface area (Å²) in [5, 5.41) is 0. The average molecular weight is 313 g/mol. The highest BCUT2D eigenvalue weighted by Crippen LogP contribution is 2.15. The van der Waals surface area contributed by atoms with Crippen LogP contribution in [0.25, 0.3) is 0 Å². The normalized spacial score (nSPS) is 12.5. The number of terminal acetylenes is 1. The Balaban J connectivity index is 1.81. The zero-order chi connectivity index (χ0) is 16.6. The summed E-state index contributed by atoms with van der Waals surface area (Å²) in [7, 11) is 0. The van der Waals surface area contributed by atoms with E-state index >= 15 is 0 Å². The molecule has 2 heteroatoms. The highest BCUT2D eigenvalue weighted by molar-refractivity contribution is 5.37. The van der Waals surface area contributed by atoms with Crippen LogP contribution in [-0.4, -0.2) is 4.98 Å². The Morgan fingerprint density at radius 1 is 1.12 bits per heavy atom. The van der Waals surface area contributed by atoms with Gasteiger partial charge in [0.25, 0.3) is 5.69 Å². The van der Waals surface area contributed by atoms with E-state index in [1.165, 1.54) is 5.56 Å². The summed E-state index contributed by atoms with van der Waals surface area (Å²) in [6.07, 6.45) is 16.6. The van der Waals surface area contributed by atoms with Crippen molar-refractivity contribution in [1.29, 1.82) is 0 Å². The zero-order valence-electron chi connectivity index (χ0n) is 13.8. The van der Waals surface area contributed by atoms with E-state index in [9.17, 15) is 0 Å².